The zero-order valence-electron chi connectivity index (χ0n) is 13.1. The van der Waals surface area contributed by atoms with Crippen LogP contribution in [-0.2, 0) is 9.53 Å². The number of carbonyl (C=O) groups excluding carboxylic acids is 1. The molecule has 22 heavy (non-hydrogen) atoms. The summed E-state index contributed by atoms with van der Waals surface area (Å²) in [4.78, 5) is 23.3. The van der Waals surface area contributed by atoms with E-state index in [1.165, 1.54) is 20.8 Å². The number of halogens is 3. The van der Waals surface area contributed by atoms with Crippen molar-refractivity contribution >= 4 is 12.1 Å². The van der Waals surface area contributed by atoms with E-state index >= 15 is 0 Å². The Morgan fingerprint density at radius 3 is 1.95 bits per heavy atom. The Bertz CT molecular complexity index is 440. The normalized spacial score (nSPS) is 20.5. The lowest BCUT2D eigenvalue weighted by Gasteiger charge is -2.43. The quantitative estimate of drug-likeness (QED) is 0.831. The molecule has 0 aromatic carbocycles. The van der Waals surface area contributed by atoms with Gasteiger partial charge < -0.3 is 15.2 Å². The lowest BCUT2D eigenvalue weighted by atomic mass is 9.67. The topological polar surface area (TPSA) is 75.6 Å². The highest BCUT2D eigenvalue weighted by Crippen LogP contribution is 2.47. The molecular weight excluding hydrogens is 303 g/mol. The van der Waals surface area contributed by atoms with Gasteiger partial charge in [-0.3, -0.25) is 0 Å². The molecule has 0 aliphatic heterocycles. The Labute approximate surface area is 127 Å². The van der Waals surface area contributed by atoms with E-state index in [9.17, 15) is 27.9 Å². The minimum atomic E-state index is -4.73. The summed E-state index contributed by atoms with van der Waals surface area (Å²) in [7, 11) is 0. The number of alkyl carbamates (subject to hydrolysis) is 1. The lowest BCUT2D eigenvalue weighted by molar-refractivity contribution is -0.221. The van der Waals surface area contributed by atoms with Gasteiger partial charge in [-0.2, -0.15) is 13.2 Å². The molecule has 0 radical (unpaired) electrons. The van der Waals surface area contributed by atoms with E-state index in [4.69, 9.17) is 4.74 Å². The Hall–Kier alpha value is -1.47. The Kier molecular flexibility index (Phi) is 5.04. The summed E-state index contributed by atoms with van der Waals surface area (Å²) >= 11 is 0. The molecule has 0 spiro atoms. The van der Waals surface area contributed by atoms with E-state index in [0.717, 1.165) is 6.92 Å². The molecule has 0 bridgehead atoms. The van der Waals surface area contributed by atoms with Crippen molar-refractivity contribution in [2.75, 3.05) is 0 Å². The predicted octanol–water partition coefficient (Wildman–Crippen LogP) is 3.33. The third-order valence-corrected chi connectivity index (χ3v) is 3.80. The molecule has 0 saturated heterocycles. The average Bonchev–Trinajstić information content (AvgIpc) is 2.17. The van der Waals surface area contributed by atoms with Crippen LogP contribution in [0.3, 0.4) is 0 Å². The number of alkyl halides is 3. The molecule has 0 heterocycles. The van der Waals surface area contributed by atoms with Gasteiger partial charge in [0.2, 0.25) is 0 Å². The van der Waals surface area contributed by atoms with Crippen molar-refractivity contribution in [3.05, 3.63) is 0 Å². The van der Waals surface area contributed by atoms with Crippen LogP contribution in [0.25, 0.3) is 0 Å². The second-order valence-corrected chi connectivity index (χ2v) is 6.84. The Morgan fingerprint density at radius 1 is 1.18 bits per heavy atom. The fraction of sp³-hybridized carbons (Fsp3) is 0.857. The largest absolute Gasteiger partial charge is 0.479 e. The van der Waals surface area contributed by atoms with Crippen LogP contribution in [0.2, 0.25) is 0 Å². The average molecular weight is 325 g/mol. The summed E-state index contributed by atoms with van der Waals surface area (Å²) in [6, 6.07) is 0. The van der Waals surface area contributed by atoms with Gasteiger partial charge in [-0.15, -0.1) is 0 Å². The highest BCUT2D eigenvalue weighted by atomic mass is 19.4. The minimum absolute atomic E-state index is 0.295. The summed E-state index contributed by atoms with van der Waals surface area (Å²) < 4.78 is 45.0. The minimum Gasteiger partial charge on any atom is -0.479 e. The van der Waals surface area contributed by atoms with Crippen molar-refractivity contribution in [1.82, 2.24) is 5.32 Å². The van der Waals surface area contributed by atoms with Gasteiger partial charge in [-0.05, 0) is 46.5 Å². The molecule has 1 rings (SSSR count). The maximum absolute atomic E-state index is 13.4. The lowest BCUT2D eigenvalue weighted by Crippen LogP contribution is -2.64. The van der Waals surface area contributed by atoms with Gasteiger partial charge in [-0.25, -0.2) is 9.59 Å². The van der Waals surface area contributed by atoms with Crippen LogP contribution in [0.5, 0.6) is 0 Å². The summed E-state index contributed by atoms with van der Waals surface area (Å²) in [5, 5.41) is 11.2. The number of carboxylic acids is 1. The second kappa shape index (κ2) is 5.96. The van der Waals surface area contributed by atoms with E-state index < -0.39 is 41.2 Å². The van der Waals surface area contributed by atoms with Gasteiger partial charge >= 0.3 is 18.2 Å². The number of rotatable bonds is 4. The summed E-state index contributed by atoms with van der Waals surface area (Å²) in [6.45, 7) is 5.50. The maximum Gasteiger partial charge on any atom is 0.408 e. The fourth-order valence-corrected chi connectivity index (χ4v) is 2.62. The molecule has 1 amide bonds. The van der Waals surface area contributed by atoms with Crippen molar-refractivity contribution in [2.24, 2.45) is 11.8 Å². The molecule has 1 saturated carbocycles. The number of carbonyl (C=O) groups is 2. The molecule has 1 fully saturated rings. The molecule has 8 heteroatoms. The number of amides is 1. The van der Waals surface area contributed by atoms with Gasteiger partial charge in [0.1, 0.15) is 11.1 Å². The molecule has 2 unspecified atom stereocenters. The molecule has 0 aromatic rings. The van der Waals surface area contributed by atoms with Crippen molar-refractivity contribution in [3.8, 4) is 0 Å². The Morgan fingerprint density at radius 2 is 1.68 bits per heavy atom. The van der Waals surface area contributed by atoms with E-state index in [-0.39, 0.29) is 0 Å². The number of aliphatic carboxylic acids is 1. The number of carboxylic acid groups (broad SMARTS) is 1. The van der Waals surface area contributed by atoms with Crippen molar-refractivity contribution in [1.29, 1.82) is 0 Å². The van der Waals surface area contributed by atoms with Crippen LogP contribution >= 0.6 is 0 Å². The molecule has 1 aliphatic rings. The van der Waals surface area contributed by atoms with Crippen LogP contribution in [-0.4, -0.2) is 34.5 Å². The number of nitrogens with one attached hydrogen (secondary N) is 1. The first-order valence-corrected chi connectivity index (χ1v) is 7.08. The first kappa shape index (κ1) is 18.6. The monoisotopic (exact) mass is 325 g/mol. The van der Waals surface area contributed by atoms with E-state index in [1.54, 1.807) is 0 Å². The van der Waals surface area contributed by atoms with Gasteiger partial charge in [0.15, 0.2) is 0 Å². The first-order chi connectivity index (χ1) is 9.77. The van der Waals surface area contributed by atoms with E-state index in [1.807, 2.05) is 5.32 Å². The molecule has 2 N–H and O–H groups in total. The molecule has 5 nitrogen and oxygen atoms in total. The number of hydrogen-bond donors (Lipinski definition) is 2. The third-order valence-electron chi connectivity index (χ3n) is 3.80. The molecular formula is C14H22F3NO4. The number of hydrogen-bond acceptors (Lipinski definition) is 3. The smallest absolute Gasteiger partial charge is 0.408 e. The summed E-state index contributed by atoms with van der Waals surface area (Å²) in [5.41, 5.74) is -3.40. The number of ether oxygens (including phenoxy) is 1. The molecule has 1 aliphatic carbocycles. The molecule has 128 valence electrons. The standard InChI is InChI=1S/C14H22F3NO4/c1-12(2,3)22-11(21)18-13(4,10(19)20)9(14(15,16)17)8-6-5-7-8/h8-9H,5-7H2,1-4H3,(H,18,21)(H,19,20). The SMILES string of the molecule is CC(C)(C)OC(=O)NC(C)(C(=O)O)C(C1CCC1)C(F)(F)F. The van der Waals surface area contributed by atoms with Gasteiger partial charge in [0, 0.05) is 0 Å². The fourth-order valence-electron chi connectivity index (χ4n) is 2.62. The van der Waals surface area contributed by atoms with E-state index in [0.29, 0.717) is 19.3 Å². The van der Waals surface area contributed by atoms with Crippen molar-refractivity contribution < 1.29 is 32.6 Å². The van der Waals surface area contributed by atoms with Crippen LogP contribution in [0, 0.1) is 11.8 Å². The molecule has 0 aromatic heterocycles. The van der Waals surface area contributed by atoms with Crippen LogP contribution in [0.15, 0.2) is 0 Å². The van der Waals surface area contributed by atoms with Gasteiger partial charge in [0.05, 0.1) is 5.92 Å². The van der Waals surface area contributed by atoms with Crippen molar-refractivity contribution in [2.45, 2.75) is 64.3 Å². The van der Waals surface area contributed by atoms with Crippen LogP contribution in [0.4, 0.5) is 18.0 Å². The zero-order valence-corrected chi connectivity index (χ0v) is 13.1. The Balaban J connectivity index is 3.06. The summed E-state index contributed by atoms with van der Waals surface area (Å²) in [6.07, 6.45) is -4.69. The van der Waals surface area contributed by atoms with Gasteiger partial charge in [-0.1, -0.05) is 6.42 Å². The zero-order chi connectivity index (χ0) is 17.3. The molecule has 2 atom stereocenters. The second-order valence-electron chi connectivity index (χ2n) is 6.84. The highest BCUT2D eigenvalue weighted by Gasteiger charge is 2.60. The van der Waals surface area contributed by atoms with Crippen molar-refractivity contribution in [3.63, 3.8) is 0 Å². The predicted molar refractivity (Wildman–Crippen MR) is 72.3 cm³/mol. The van der Waals surface area contributed by atoms with Crippen LogP contribution < -0.4 is 5.32 Å². The third kappa shape index (κ3) is 4.27. The highest BCUT2D eigenvalue weighted by molar-refractivity contribution is 5.84. The maximum atomic E-state index is 13.4. The van der Waals surface area contributed by atoms with Crippen LogP contribution in [0.1, 0.15) is 47.0 Å². The first-order valence-electron chi connectivity index (χ1n) is 7.08. The summed E-state index contributed by atoms with van der Waals surface area (Å²) in [5.74, 6) is -4.69. The van der Waals surface area contributed by atoms with Gasteiger partial charge in [0.25, 0.3) is 0 Å². The van der Waals surface area contributed by atoms with E-state index in [2.05, 4.69) is 0 Å².